The molecule has 148 valence electrons. The monoisotopic (exact) mass is 407 g/mol. The Kier molecular flexibility index (Phi) is 5.45. The summed E-state index contributed by atoms with van der Waals surface area (Å²) in [6.45, 7) is 3.20. The molecule has 0 aromatic heterocycles. The predicted octanol–water partition coefficient (Wildman–Crippen LogP) is 3.64. The van der Waals surface area contributed by atoms with E-state index in [1.165, 1.54) is 25.7 Å². The Morgan fingerprint density at radius 2 is 1.93 bits per heavy atom. The van der Waals surface area contributed by atoms with Gasteiger partial charge in [0.2, 0.25) is 10.0 Å². The molecule has 27 heavy (non-hydrogen) atoms. The van der Waals surface area contributed by atoms with Crippen LogP contribution in [0.4, 0.5) is 5.69 Å². The van der Waals surface area contributed by atoms with Gasteiger partial charge in [-0.15, -0.1) is 0 Å². The van der Waals surface area contributed by atoms with Crippen molar-refractivity contribution in [3.05, 3.63) is 23.8 Å². The lowest BCUT2D eigenvalue weighted by atomic mass is 9.95. The van der Waals surface area contributed by atoms with Crippen molar-refractivity contribution in [1.29, 1.82) is 0 Å². The van der Waals surface area contributed by atoms with Gasteiger partial charge in [-0.1, -0.05) is 18.9 Å². The molecule has 1 aliphatic heterocycles. The number of piperidine rings is 1. The molecule has 0 spiro atoms. The van der Waals surface area contributed by atoms with E-state index >= 15 is 0 Å². The van der Waals surface area contributed by atoms with Crippen LogP contribution in [0.15, 0.2) is 23.1 Å². The first-order valence-electron chi connectivity index (χ1n) is 10.1. The zero-order valence-electron chi connectivity index (χ0n) is 15.9. The number of fused-ring (bicyclic) bond motifs is 2. The van der Waals surface area contributed by atoms with Crippen molar-refractivity contribution in [2.45, 2.75) is 62.8 Å². The van der Waals surface area contributed by atoms with Crippen LogP contribution >= 0.6 is 12.2 Å². The summed E-state index contributed by atoms with van der Waals surface area (Å²) in [6, 6.07) is 5.76. The molecule has 2 N–H and O–H groups in total. The molecule has 0 radical (unpaired) electrons. The molecule has 0 unspecified atom stereocenters. The van der Waals surface area contributed by atoms with Crippen molar-refractivity contribution in [1.82, 2.24) is 9.62 Å². The highest BCUT2D eigenvalue weighted by molar-refractivity contribution is 7.89. The third kappa shape index (κ3) is 4.00. The zero-order chi connectivity index (χ0) is 19.0. The van der Waals surface area contributed by atoms with E-state index in [0.29, 0.717) is 29.1 Å². The van der Waals surface area contributed by atoms with Gasteiger partial charge in [-0.3, -0.25) is 0 Å². The van der Waals surface area contributed by atoms with Gasteiger partial charge in [0.15, 0.2) is 5.11 Å². The van der Waals surface area contributed by atoms with Crippen LogP contribution in [0.1, 0.15) is 50.5 Å². The van der Waals surface area contributed by atoms with Crippen LogP contribution in [-0.4, -0.2) is 37.0 Å². The Bertz CT molecular complexity index is 819. The molecule has 1 heterocycles. The summed E-state index contributed by atoms with van der Waals surface area (Å²) in [4.78, 5) is 0.347. The summed E-state index contributed by atoms with van der Waals surface area (Å²) in [5.41, 5.74) is 1.76. The molecule has 3 atom stereocenters. The number of nitrogens with zero attached hydrogens (tertiary/aromatic N) is 1. The number of nitrogens with one attached hydrogen (secondary N) is 2. The van der Waals surface area contributed by atoms with E-state index in [4.69, 9.17) is 12.2 Å². The molecule has 2 bridgehead atoms. The second kappa shape index (κ2) is 7.68. The summed E-state index contributed by atoms with van der Waals surface area (Å²) in [7, 11) is -3.44. The highest BCUT2D eigenvalue weighted by Crippen LogP contribution is 2.44. The van der Waals surface area contributed by atoms with Gasteiger partial charge in [-0.2, -0.15) is 4.31 Å². The fourth-order valence-corrected chi connectivity index (χ4v) is 6.70. The van der Waals surface area contributed by atoms with Gasteiger partial charge in [0.25, 0.3) is 0 Å². The molecule has 7 heteroatoms. The quantitative estimate of drug-likeness (QED) is 0.746. The lowest BCUT2D eigenvalue weighted by Crippen LogP contribution is -2.41. The van der Waals surface area contributed by atoms with Crippen molar-refractivity contribution >= 4 is 33.0 Å². The fraction of sp³-hybridized carbons (Fsp3) is 0.650. The van der Waals surface area contributed by atoms with Crippen LogP contribution < -0.4 is 10.6 Å². The molecule has 3 aliphatic rings. The molecule has 1 aromatic rings. The number of sulfonamides is 1. The van der Waals surface area contributed by atoms with E-state index in [1.807, 2.05) is 13.0 Å². The summed E-state index contributed by atoms with van der Waals surface area (Å²) in [6.07, 6.45) is 8.17. The van der Waals surface area contributed by atoms with E-state index in [2.05, 4.69) is 10.6 Å². The Balaban J connectivity index is 1.46. The van der Waals surface area contributed by atoms with Crippen molar-refractivity contribution < 1.29 is 8.42 Å². The normalized spacial score (nSPS) is 28.3. The molecule has 4 rings (SSSR count). The minimum absolute atomic E-state index is 0.347. The summed E-state index contributed by atoms with van der Waals surface area (Å²) < 4.78 is 27.5. The second-order valence-corrected chi connectivity index (χ2v) is 10.7. The molecular formula is C20H29N3O2S2. The Labute approximate surface area is 168 Å². The zero-order valence-corrected chi connectivity index (χ0v) is 17.5. The van der Waals surface area contributed by atoms with E-state index in [-0.39, 0.29) is 0 Å². The van der Waals surface area contributed by atoms with Crippen LogP contribution in [0.3, 0.4) is 0 Å². The standard InChI is InChI=1S/C20H29N3O2S2/c1-14-5-8-17(27(24,25)23-9-3-2-4-10-23)13-18(14)21-20(26)22-19-12-15-6-7-16(19)11-15/h5,8,13,15-16,19H,2-4,6-7,9-12H2,1H3,(H2,21,22,26)/t15-,16+,19-/m0/s1. The number of thiocarbonyl (C=S) groups is 1. The molecular weight excluding hydrogens is 378 g/mol. The van der Waals surface area contributed by atoms with Crippen molar-refractivity contribution in [3.63, 3.8) is 0 Å². The van der Waals surface area contributed by atoms with Crippen LogP contribution in [-0.2, 0) is 10.0 Å². The minimum Gasteiger partial charge on any atom is -0.359 e. The van der Waals surface area contributed by atoms with Crippen molar-refractivity contribution in [2.24, 2.45) is 11.8 Å². The first-order valence-corrected chi connectivity index (χ1v) is 12.0. The van der Waals surface area contributed by atoms with Crippen LogP contribution in [0.5, 0.6) is 0 Å². The predicted molar refractivity (Wildman–Crippen MR) is 112 cm³/mol. The van der Waals surface area contributed by atoms with E-state index in [9.17, 15) is 8.42 Å². The van der Waals surface area contributed by atoms with Gasteiger partial charge < -0.3 is 10.6 Å². The number of anilines is 1. The molecule has 1 saturated heterocycles. The highest BCUT2D eigenvalue weighted by atomic mass is 32.2. The molecule has 0 amide bonds. The topological polar surface area (TPSA) is 61.4 Å². The molecule has 5 nitrogen and oxygen atoms in total. The second-order valence-electron chi connectivity index (χ2n) is 8.32. The van der Waals surface area contributed by atoms with Gasteiger partial charge >= 0.3 is 0 Å². The lowest BCUT2D eigenvalue weighted by molar-refractivity contribution is 0.346. The maximum atomic E-state index is 13.0. The molecule has 3 fully saturated rings. The third-order valence-corrected chi connectivity index (χ3v) is 8.58. The maximum Gasteiger partial charge on any atom is 0.243 e. The van der Waals surface area contributed by atoms with Gasteiger partial charge in [0, 0.05) is 24.8 Å². The SMILES string of the molecule is Cc1ccc(S(=O)(=O)N2CCCCC2)cc1NC(=S)N[C@H]1C[C@H]2CC[C@@H]1C2. The van der Waals surface area contributed by atoms with E-state index in [0.717, 1.165) is 42.3 Å². The average Bonchev–Trinajstić information content (AvgIpc) is 3.27. The maximum absolute atomic E-state index is 13.0. The smallest absolute Gasteiger partial charge is 0.243 e. The van der Waals surface area contributed by atoms with Crippen molar-refractivity contribution in [3.8, 4) is 0 Å². The largest absolute Gasteiger partial charge is 0.359 e. The summed E-state index contributed by atoms with van der Waals surface area (Å²) in [5.74, 6) is 1.59. The number of hydrogen-bond donors (Lipinski definition) is 2. The summed E-state index contributed by atoms with van der Waals surface area (Å²) in [5, 5.41) is 7.32. The van der Waals surface area contributed by atoms with Crippen LogP contribution in [0, 0.1) is 18.8 Å². The molecule has 2 aliphatic carbocycles. The van der Waals surface area contributed by atoms with E-state index in [1.54, 1.807) is 16.4 Å². The van der Waals surface area contributed by atoms with Crippen LogP contribution in [0.2, 0.25) is 0 Å². The van der Waals surface area contributed by atoms with Gasteiger partial charge in [-0.25, -0.2) is 8.42 Å². The van der Waals surface area contributed by atoms with Crippen molar-refractivity contribution in [2.75, 3.05) is 18.4 Å². The first kappa shape index (κ1) is 19.2. The number of rotatable bonds is 4. The Hall–Kier alpha value is -1.18. The van der Waals surface area contributed by atoms with Crippen LogP contribution in [0.25, 0.3) is 0 Å². The number of hydrogen-bond acceptors (Lipinski definition) is 3. The minimum atomic E-state index is -3.44. The average molecular weight is 408 g/mol. The number of aryl methyl sites for hydroxylation is 1. The Morgan fingerprint density at radius 3 is 2.59 bits per heavy atom. The fourth-order valence-electron chi connectivity index (χ4n) is 4.90. The summed E-state index contributed by atoms with van der Waals surface area (Å²) >= 11 is 5.53. The highest BCUT2D eigenvalue weighted by Gasteiger charge is 2.39. The Morgan fingerprint density at radius 1 is 1.15 bits per heavy atom. The van der Waals surface area contributed by atoms with E-state index < -0.39 is 10.0 Å². The van der Waals surface area contributed by atoms with Gasteiger partial charge in [-0.05, 0) is 80.8 Å². The van der Waals surface area contributed by atoms with Gasteiger partial charge in [0.05, 0.1) is 4.90 Å². The third-order valence-electron chi connectivity index (χ3n) is 6.46. The first-order chi connectivity index (χ1) is 12.9. The molecule has 1 aromatic carbocycles. The number of benzene rings is 1. The molecule has 2 saturated carbocycles. The lowest BCUT2D eigenvalue weighted by Gasteiger charge is -2.27. The van der Waals surface area contributed by atoms with Gasteiger partial charge in [0.1, 0.15) is 0 Å².